The van der Waals surface area contributed by atoms with Gasteiger partial charge in [0.05, 0.1) is 24.8 Å². The molecule has 0 atom stereocenters. The molecule has 2 aromatic rings. The van der Waals surface area contributed by atoms with Crippen molar-refractivity contribution in [2.24, 2.45) is 0 Å². The van der Waals surface area contributed by atoms with Gasteiger partial charge in [-0.05, 0) is 55.3 Å². The van der Waals surface area contributed by atoms with E-state index in [4.69, 9.17) is 14.2 Å². The molecule has 0 spiro atoms. The lowest BCUT2D eigenvalue weighted by Gasteiger charge is -2.13. The molecule has 0 radical (unpaired) electrons. The molecule has 1 fully saturated rings. The fourth-order valence-electron chi connectivity index (χ4n) is 2.45. The summed E-state index contributed by atoms with van der Waals surface area (Å²) in [6.07, 6.45) is 1.67. The Morgan fingerprint density at radius 2 is 1.71 bits per heavy atom. The molecule has 0 unspecified atom stereocenters. The monoisotopic (exact) mass is 406 g/mol. The van der Waals surface area contributed by atoms with Crippen LogP contribution < -0.4 is 24.2 Å². The largest absolute Gasteiger partial charge is 0.497 e. The van der Waals surface area contributed by atoms with Crippen LogP contribution >= 0.6 is 0 Å². The maximum Gasteiger partial charge on any atom is 0.262 e. The van der Waals surface area contributed by atoms with Crippen LogP contribution in [0.4, 0.5) is 5.69 Å². The van der Waals surface area contributed by atoms with E-state index in [0.29, 0.717) is 17.2 Å². The number of anilines is 1. The van der Waals surface area contributed by atoms with Gasteiger partial charge in [0, 0.05) is 6.04 Å². The van der Waals surface area contributed by atoms with Crippen molar-refractivity contribution in [3.63, 3.8) is 0 Å². The van der Waals surface area contributed by atoms with Crippen molar-refractivity contribution in [1.82, 2.24) is 4.72 Å². The van der Waals surface area contributed by atoms with Crippen molar-refractivity contribution in [3.05, 3.63) is 42.5 Å². The van der Waals surface area contributed by atoms with Crippen LogP contribution in [0.25, 0.3) is 0 Å². The second-order valence-corrected chi connectivity index (χ2v) is 7.98. The standard InChI is InChI=1S/C19H22N2O6S/c1-25-14-5-7-15(8-6-14)27-12-19(22)20-17-11-16(9-10-18(17)26-2)28(23,24)21-13-3-4-13/h5-11,13,21H,3-4,12H2,1-2H3,(H,20,22). The molecule has 0 bridgehead atoms. The number of ether oxygens (including phenoxy) is 3. The zero-order chi connectivity index (χ0) is 20.1. The Hall–Kier alpha value is -2.78. The number of rotatable bonds is 9. The number of benzene rings is 2. The van der Waals surface area contributed by atoms with Gasteiger partial charge in [-0.15, -0.1) is 0 Å². The van der Waals surface area contributed by atoms with E-state index in [1.54, 1.807) is 31.4 Å². The summed E-state index contributed by atoms with van der Waals surface area (Å²) in [7, 11) is -0.642. The smallest absolute Gasteiger partial charge is 0.262 e. The summed E-state index contributed by atoms with van der Waals surface area (Å²) in [6.45, 7) is -0.243. The van der Waals surface area contributed by atoms with Crippen LogP contribution in [0.2, 0.25) is 0 Å². The maximum atomic E-state index is 12.4. The second kappa shape index (κ2) is 8.49. The molecule has 1 amide bonds. The van der Waals surface area contributed by atoms with E-state index < -0.39 is 15.9 Å². The molecule has 2 aromatic carbocycles. The van der Waals surface area contributed by atoms with E-state index in [2.05, 4.69) is 10.0 Å². The lowest BCUT2D eigenvalue weighted by molar-refractivity contribution is -0.118. The normalized spacial score (nSPS) is 13.6. The fraction of sp³-hybridized carbons (Fsp3) is 0.316. The highest BCUT2D eigenvalue weighted by atomic mass is 32.2. The molecular weight excluding hydrogens is 384 g/mol. The molecule has 1 saturated carbocycles. The first-order chi connectivity index (χ1) is 13.4. The topological polar surface area (TPSA) is 103 Å². The van der Waals surface area contributed by atoms with Crippen LogP contribution in [0.15, 0.2) is 47.4 Å². The van der Waals surface area contributed by atoms with Crippen LogP contribution in [-0.2, 0) is 14.8 Å². The summed E-state index contributed by atoms with van der Waals surface area (Å²) in [5.41, 5.74) is 0.254. The van der Waals surface area contributed by atoms with Gasteiger partial charge in [-0.2, -0.15) is 0 Å². The molecule has 0 aromatic heterocycles. The van der Waals surface area contributed by atoms with Gasteiger partial charge in [0.15, 0.2) is 6.61 Å². The van der Waals surface area contributed by atoms with E-state index >= 15 is 0 Å². The first-order valence-electron chi connectivity index (χ1n) is 8.68. The maximum absolute atomic E-state index is 12.4. The Bertz CT molecular complexity index is 939. The third kappa shape index (κ3) is 5.14. The number of carbonyl (C=O) groups is 1. The van der Waals surface area contributed by atoms with E-state index in [-0.39, 0.29) is 23.2 Å². The number of hydrogen-bond donors (Lipinski definition) is 2. The van der Waals surface area contributed by atoms with Crippen molar-refractivity contribution < 1.29 is 27.4 Å². The predicted octanol–water partition coefficient (Wildman–Crippen LogP) is 2.16. The summed E-state index contributed by atoms with van der Waals surface area (Å²) in [6, 6.07) is 11.1. The van der Waals surface area contributed by atoms with Crippen LogP contribution in [0.1, 0.15) is 12.8 Å². The predicted molar refractivity (Wildman–Crippen MR) is 103 cm³/mol. The summed E-state index contributed by atoms with van der Waals surface area (Å²) < 4.78 is 43.1. The molecule has 1 aliphatic rings. The quantitative estimate of drug-likeness (QED) is 0.662. The molecule has 8 nitrogen and oxygen atoms in total. The van der Waals surface area contributed by atoms with Gasteiger partial charge in [0.25, 0.3) is 5.91 Å². The van der Waals surface area contributed by atoms with Gasteiger partial charge >= 0.3 is 0 Å². The third-order valence-corrected chi connectivity index (χ3v) is 5.60. The first kappa shape index (κ1) is 20.0. The van der Waals surface area contributed by atoms with Gasteiger partial charge in [-0.25, -0.2) is 13.1 Å². The SMILES string of the molecule is COc1ccc(OCC(=O)Nc2cc(S(=O)(=O)NC3CC3)ccc2OC)cc1. The van der Waals surface area contributed by atoms with Gasteiger partial charge in [-0.3, -0.25) is 4.79 Å². The molecule has 0 heterocycles. The summed E-state index contributed by atoms with van der Waals surface area (Å²) >= 11 is 0. The molecule has 3 rings (SSSR count). The van der Waals surface area contributed by atoms with Crippen molar-refractivity contribution >= 4 is 21.6 Å². The molecule has 1 aliphatic carbocycles. The Labute approximate surface area is 163 Å². The van der Waals surface area contributed by atoms with Gasteiger partial charge < -0.3 is 19.5 Å². The van der Waals surface area contributed by atoms with Gasteiger partial charge in [-0.1, -0.05) is 0 Å². The minimum absolute atomic E-state index is 0.0111. The lowest BCUT2D eigenvalue weighted by Crippen LogP contribution is -2.26. The highest BCUT2D eigenvalue weighted by Gasteiger charge is 2.28. The van der Waals surface area contributed by atoms with Crippen molar-refractivity contribution in [1.29, 1.82) is 0 Å². The number of hydrogen-bond acceptors (Lipinski definition) is 6. The fourth-order valence-corrected chi connectivity index (χ4v) is 3.78. The first-order valence-corrected chi connectivity index (χ1v) is 10.2. The zero-order valence-corrected chi connectivity index (χ0v) is 16.4. The second-order valence-electron chi connectivity index (χ2n) is 6.27. The van der Waals surface area contributed by atoms with Gasteiger partial charge in [0.1, 0.15) is 17.2 Å². The zero-order valence-electron chi connectivity index (χ0n) is 15.6. The van der Waals surface area contributed by atoms with Crippen molar-refractivity contribution in [2.45, 2.75) is 23.8 Å². The minimum Gasteiger partial charge on any atom is -0.497 e. The number of amides is 1. The lowest BCUT2D eigenvalue weighted by atomic mass is 10.3. The molecule has 0 saturated heterocycles. The molecule has 0 aliphatic heterocycles. The summed E-state index contributed by atoms with van der Waals surface area (Å²) in [4.78, 5) is 12.3. The highest BCUT2D eigenvalue weighted by Crippen LogP contribution is 2.29. The average molecular weight is 406 g/mol. The molecule has 2 N–H and O–H groups in total. The Kier molecular flexibility index (Phi) is 6.05. The molecule has 28 heavy (non-hydrogen) atoms. The Balaban J connectivity index is 1.67. The highest BCUT2D eigenvalue weighted by molar-refractivity contribution is 7.89. The van der Waals surface area contributed by atoms with Crippen LogP contribution in [0, 0.1) is 0 Å². The number of carbonyl (C=O) groups excluding carboxylic acids is 1. The van der Waals surface area contributed by atoms with Crippen LogP contribution in [-0.4, -0.2) is 41.2 Å². The number of sulfonamides is 1. The summed E-state index contributed by atoms with van der Waals surface area (Å²) in [5.74, 6) is 1.09. The van der Waals surface area contributed by atoms with Crippen LogP contribution in [0.3, 0.4) is 0 Å². The Morgan fingerprint density at radius 1 is 1.04 bits per heavy atom. The van der Waals surface area contributed by atoms with E-state index in [9.17, 15) is 13.2 Å². The molecule has 9 heteroatoms. The van der Waals surface area contributed by atoms with Crippen molar-refractivity contribution in [2.75, 3.05) is 26.1 Å². The minimum atomic E-state index is -3.64. The average Bonchev–Trinajstić information content (AvgIpc) is 3.50. The number of methoxy groups -OCH3 is 2. The molecular formula is C19H22N2O6S. The number of nitrogens with one attached hydrogen (secondary N) is 2. The van der Waals surface area contributed by atoms with E-state index in [1.807, 2.05) is 0 Å². The van der Waals surface area contributed by atoms with E-state index in [1.165, 1.54) is 25.3 Å². The third-order valence-electron chi connectivity index (χ3n) is 4.08. The summed E-state index contributed by atoms with van der Waals surface area (Å²) in [5, 5.41) is 2.63. The Morgan fingerprint density at radius 3 is 2.32 bits per heavy atom. The van der Waals surface area contributed by atoms with Crippen LogP contribution in [0.5, 0.6) is 17.2 Å². The van der Waals surface area contributed by atoms with Crippen molar-refractivity contribution in [3.8, 4) is 17.2 Å². The van der Waals surface area contributed by atoms with Gasteiger partial charge in [0.2, 0.25) is 10.0 Å². The molecule has 150 valence electrons. The van der Waals surface area contributed by atoms with E-state index in [0.717, 1.165) is 12.8 Å².